The maximum absolute atomic E-state index is 12.4. The molecule has 1 atom stereocenters. The van der Waals surface area contributed by atoms with Gasteiger partial charge >= 0.3 is 0 Å². The number of amides is 2. The van der Waals surface area contributed by atoms with Crippen LogP contribution in [0.3, 0.4) is 0 Å². The van der Waals surface area contributed by atoms with E-state index in [2.05, 4.69) is 5.32 Å². The van der Waals surface area contributed by atoms with E-state index in [9.17, 15) is 9.59 Å². The molecular weight excluding hydrogens is 304 g/mol. The van der Waals surface area contributed by atoms with Gasteiger partial charge in [-0.05, 0) is 38.1 Å². The van der Waals surface area contributed by atoms with Gasteiger partial charge in [-0.1, -0.05) is 29.8 Å². The van der Waals surface area contributed by atoms with Gasteiger partial charge in [0, 0.05) is 18.7 Å². The van der Waals surface area contributed by atoms with Gasteiger partial charge in [0.05, 0.1) is 5.69 Å². The number of aryl methyl sites for hydroxylation is 1. The summed E-state index contributed by atoms with van der Waals surface area (Å²) in [5, 5.41) is 2.85. The van der Waals surface area contributed by atoms with Crippen LogP contribution in [0.2, 0.25) is 0 Å². The van der Waals surface area contributed by atoms with E-state index in [1.165, 1.54) is 0 Å². The lowest BCUT2D eigenvalue weighted by molar-refractivity contribution is -0.125. The van der Waals surface area contributed by atoms with Crippen molar-refractivity contribution in [2.45, 2.75) is 26.4 Å². The Morgan fingerprint density at radius 3 is 2.62 bits per heavy atom. The van der Waals surface area contributed by atoms with Crippen molar-refractivity contribution in [2.24, 2.45) is 0 Å². The number of carbonyl (C=O) groups excluding carboxylic acids is 2. The standard InChI is InChI=1S/C19H20N2O3/c1-13-7-9-15(10-8-13)20-18(22)11-12-21-16-5-3-4-6-17(16)24-14(2)19(21)23/h3-10,14H,11-12H2,1-2H3,(H,20,22)/t14-/m0/s1. The van der Waals surface area contributed by atoms with Crippen LogP contribution in [0, 0.1) is 6.92 Å². The normalized spacial score (nSPS) is 16.3. The van der Waals surface area contributed by atoms with E-state index in [4.69, 9.17) is 4.74 Å². The van der Waals surface area contributed by atoms with E-state index in [-0.39, 0.29) is 18.2 Å². The monoisotopic (exact) mass is 324 g/mol. The Hall–Kier alpha value is -2.82. The minimum atomic E-state index is -0.542. The Bertz CT molecular complexity index is 755. The Kier molecular flexibility index (Phi) is 4.51. The number of benzene rings is 2. The second-order valence-corrected chi connectivity index (χ2v) is 5.88. The Labute approximate surface area is 141 Å². The molecule has 1 N–H and O–H groups in total. The van der Waals surface area contributed by atoms with Crippen molar-refractivity contribution in [1.82, 2.24) is 0 Å². The van der Waals surface area contributed by atoms with Crippen molar-refractivity contribution in [2.75, 3.05) is 16.8 Å². The van der Waals surface area contributed by atoms with E-state index in [1.54, 1.807) is 11.8 Å². The van der Waals surface area contributed by atoms with Crippen LogP contribution in [0.5, 0.6) is 5.75 Å². The van der Waals surface area contributed by atoms with Crippen LogP contribution in [0.4, 0.5) is 11.4 Å². The third kappa shape index (κ3) is 3.40. The number of ether oxygens (including phenoxy) is 1. The molecule has 124 valence electrons. The Balaban J connectivity index is 1.66. The summed E-state index contributed by atoms with van der Waals surface area (Å²) in [7, 11) is 0. The molecule has 0 spiro atoms. The fourth-order valence-electron chi connectivity index (χ4n) is 2.66. The third-order valence-corrected chi connectivity index (χ3v) is 3.97. The zero-order valence-corrected chi connectivity index (χ0v) is 13.8. The van der Waals surface area contributed by atoms with E-state index < -0.39 is 6.10 Å². The smallest absolute Gasteiger partial charge is 0.267 e. The highest BCUT2D eigenvalue weighted by Gasteiger charge is 2.31. The number of carbonyl (C=O) groups is 2. The molecule has 3 rings (SSSR count). The number of hydrogen-bond donors (Lipinski definition) is 1. The van der Waals surface area contributed by atoms with Crippen molar-refractivity contribution in [1.29, 1.82) is 0 Å². The molecule has 5 nitrogen and oxygen atoms in total. The van der Waals surface area contributed by atoms with Crippen LogP contribution in [-0.4, -0.2) is 24.5 Å². The number of para-hydroxylation sites is 2. The maximum Gasteiger partial charge on any atom is 0.267 e. The van der Waals surface area contributed by atoms with Gasteiger partial charge in [0.15, 0.2) is 6.10 Å². The van der Waals surface area contributed by atoms with Gasteiger partial charge in [-0.3, -0.25) is 9.59 Å². The SMILES string of the molecule is Cc1ccc(NC(=O)CCN2C(=O)[C@H](C)Oc3ccccc32)cc1. The molecule has 2 amide bonds. The number of rotatable bonds is 4. The van der Waals surface area contributed by atoms with Gasteiger partial charge in [-0.25, -0.2) is 0 Å². The van der Waals surface area contributed by atoms with Crippen molar-refractivity contribution >= 4 is 23.2 Å². The van der Waals surface area contributed by atoms with Crippen LogP contribution >= 0.6 is 0 Å². The summed E-state index contributed by atoms with van der Waals surface area (Å²) < 4.78 is 5.60. The predicted octanol–water partition coefficient (Wildman–Crippen LogP) is 3.14. The van der Waals surface area contributed by atoms with Crippen LogP contribution in [0.25, 0.3) is 0 Å². The molecule has 2 aromatic carbocycles. The third-order valence-electron chi connectivity index (χ3n) is 3.97. The highest BCUT2D eigenvalue weighted by Crippen LogP contribution is 2.33. The second-order valence-electron chi connectivity index (χ2n) is 5.88. The molecule has 24 heavy (non-hydrogen) atoms. The molecule has 0 saturated carbocycles. The molecule has 0 unspecified atom stereocenters. The molecule has 5 heteroatoms. The van der Waals surface area contributed by atoms with Crippen molar-refractivity contribution in [3.63, 3.8) is 0 Å². The lowest BCUT2D eigenvalue weighted by atomic mass is 10.1. The molecule has 0 saturated heterocycles. The summed E-state index contributed by atoms with van der Waals surface area (Å²) in [5.41, 5.74) is 2.61. The number of nitrogens with zero attached hydrogens (tertiary/aromatic N) is 1. The topological polar surface area (TPSA) is 58.6 Å². The summed E-state index contributed by atoms with van der Waals surface area (Å²) in [6.45, 7) is 4.03. The Morgan fingerprint density at radius 1 is 1.17 bits per heavy atom. The average Bonchev–Trinajstić information content (AvgIpc) is 2.57. The maximum atomic E-state index is 12.4. The highest BCUT2D eigenvalue weighted by molar-refractivity contribution is 6.00. The van der Waals surface area contributed by atoms with Crippen molar-refractivity contribution < 1.29 is 14.3 Å². The van der Waals surface area contributed by atoms with Gasteiger partial charge in [0.1, 0.15) is 5.75 Å². The molecular formula is C19H20N2O3. The highest BCUT2D eigenvalue weighted by atomic mass is 16.5. The molecule has 0 radical (unpaired) electrons. The van der Waals surface area contributed by atoms with Crippen LogP contribution in [0.15, 0.2) is 48.5 Å². The molecule has 0 bridgehead atoms. The fraction of sp³-hybridized carbons (Fsp3) is 0.263. The Morgan fingerprint density at radius 2 is 1.88 bits per heavy atom. The minimum Gasteiger partial charge on any atom is -0.479 e. The number of fused-ring (bicyclic) bond motifs is 1. The largest absolute Gasteiger partial charge is 0.479 e. The van der Waals surface area contributed by atoms with E-state index in [0.717, 1.165) is 11.3 Å². The van der Waals surface area contributed by atoms with Crippen LogP contribution in [0.1, 0.15) is 18.9 Å². The molecule has 2 aromatic rings. The molecule has 0 aliphatic carbocycles. The molecule has 1 heterocycles. The zero-order chi connectivity index (χ0) is 17.1. The van der Waals surface area contributed by atoms with Crippen molar-refractivity contribution in [3.05, 3.63) is 54.1 Å². The van der Waals surface area contributed by atoms with Gasteiger partial charge < -0.3 is 15.0 Å². The van der Waals surface area contributed by atoms with Gasteiger partial charge in [-0.15, -0.1) is 0 Å². The quantitative estimate of drug-likeness (QED) is 0.940. The first-order valence-corrected chi connectivity index (χ1v) is 7.98. The average molecular weight is 324 g/mol. The first-order valence-electron chi connectivity index (χ1n) is 7.98. The minimum absolute atomic E-state index is 0.122. The summed E-state index contributed by atoms with van der Waals surface area (Å²) in [4.78, 5) is 26.1. The van der Waals surface area contributed by atoms with Gasteiger partial charge in [-0.2, -0.15) is 0 Å². The number of anilines is 2. The van der Waals surface area contributed by atoms with E-state index in [1.807, 2.05) is 55.5 Å². The summed E-state index contributed by atoms with van der Waals surface area (Å²) in [5.74, 6) is 0.420. The predicted molar refractivity (Wildman–Crippen MR) is 93.3 cm³/mol. The summed E-state index contributed by atoms with van der Waals surface area (Å²) in [6, 6.07) is 15.0. The molecule has 0 aromatic heterocycles. The zero-order valence-electron chi connectivity index (χ0n) is 13.8. The van der Waals surface area contributed by atoms with E-state index >= 15 is 0 Å². The first-order chi connectivity index (χ1) is 11.5. The number of nitrogens with one attached hydrogen (secondary N) is 1. The first kappa shape index (κ1) is 16.1. The second kappa shape index (κ2) is 6.74. The number of hydrogen-bond acceptors (Lipinski definition) is 3. The van der Waals surface area contributed by atoms with Crippen LogP contribution < -0.4 is 15.0 Å². The lowest BCUT2D eigenvalue weighted by Gasteiger charge is -2.32. The summed E-state index contributed by atoms with van der Waals surface area (Å²) in [6.07, 6.45) is -0.319. The summed E-state index contributed by atoms with van der Waals surface area (Å²) >= 11 is 0. The van der Waals surface area contributed by atoms with Gasteiger partial charge in [0.2, 0.25) is 5.91 Å². The molecule has 0 fully saturated rings. The lowest BCUT2D eigenvalue weighted by Crippen LogP contribution is -2.45. The van der Waals surface area contributed by atoms with Gasteiger partial charge in [0.25, 0.3) is 5.91 Å². The van der Waals surface area contributed by atoms with Crippen molar-refractivity contribution in [3.8, 4) is 5.75 Å². The van der Waals surface area contributed by atoms with E-state index in [0.29, 0.717) is 18.0 Å². The molecule has 1 aliphatic heterocycles. The molecule has 1 aliphatic rings. The fourth-order valence-corrected chi connectivity index (χ4v) is 2.66. The van der Waals surface area contributed by atoms with Crippen LogP contribution in [-0.2, 0) is 9.59 Å².